The van der Waals surface area contributed by atoms with Crippen LogP contribution in [0.25, 0.3) is 5.69 Å². The average Bonchev–Trinajstić information content (AvgIpc) is 2.95. The van der Waals surface area contributed by atoms with E-state index in [4.69, 9.17) is 0 Å². The van der Waals surface area contributed by atoms with E-state index in [0.29, 0.717) is 49.8 Å². The topological polar surface area (TPSA) is 87.5 Å². The van der Waals surface area contributed by atoms with Crippen LogP contribution in [0.4, 0.5) is 11.4 Å². The van der Waals surface area contributed by atoms with E-state index in [2.05, 4.69) is 22.5 Å². The van der Waals surface area contributed by atoms with E-state index >= 15 is 0 Å². The minimum atomic E-state index is -3.44. The Kier molecular flexibility index (Phi) is 7.86. The first kappa shape index (κ1) is 25.7. The molecule has 0 atom stereocenters. The summed E-state index contributed by atoms with van der Waals surface area (Å²) >= 11 is 0. The Hall–Kier alpha value is -3.95. The van der Waals surface area contributed by atoms with Gasteiger partial charge in [0, 0.05) is 32.7 Å². The fraction of sp³-hybridized carbons (Fsp3) is 0.241. The van der Waals surface area contributed by atoms with Gasteiger partial charge in [-0.05, 0) is 29.7 Å². The molecule has 5 rings (SSSR count). The van der Waals surface area contributed by atoms with Crippen LogP contribution in [-0.2, 0) is 22.2 Å². The van der Waals surface area contributed by atoms with Crippen molar-refractivity contribution in [1.29, 1.82) is 0 Å². The molecule has 1 saturated heterocycles. The number of sulfonamides is 1. The van der Waals surface area contributed by atoms with Gasteiger partial charge in [0.15, 0.2) is 0 Å². The highest BCUT2D eigenvalue weighted by Crippen LogP contribution is 2.25. The fourth-order valence-electron chi connectivity index (χ4n) is 4.66. The van der Waals surface area contributed by atoms with Crippen molar-refractivity contribution in [3.8, 4) is 5.69 Å². The highest BCUT2D eigenvalue weighted by atomic mass is 32.2. The Balaban J connectivity index is 1.35. The Labute approximate surface area is 223 Å². The standard InChI is InChI=1S/C29H31N5O3S/c35-29-28(30-17-16-24-10-4-1-5-11-24)27(22-31-34(29)26-14-8-3-9-15-26)32-18-20-33(21-19-32)38(36,37)23-25-12-6-2-7-13-25/h1-15,22,30H,16-21,23H2. The molecule has 0 saturated carbocycles. The van der Waals surface area contributed by atoms with Crippen LogP contribution in [0, 0.1) is 0 Å². The van der Waals surface area contributed by atoms with Gasteiger partial charge in [-0.1, -0.05) is 78.9 Å². The third kappa shape index (κ3) is 5.95. The molecule has 0 radical (unpaired) electrons. The lowest BCUT2D eigenvalue weighted by Gasteiger charge is -2.36. The maximum Gasteiger partial charge on any atom is 0.296 e. The molecule has 1 fully saturated rings. The van der Waals surface area contributed by atoms with Crippen LogP contribution in [0.1, 0.15) is 11.1 Å². The van der Waals surface area contributed by atoms with Crippen molar-refractivity contribution in [2.24, 2.45) is 0 Å². The van der Waals surface area contributed by atoms with E-state index < -0.39 is 10.0 Å². The largest absolute Gasteiger partial charge is 0.378 e. The molecule has 1 aromatic heterocycles. The molecule has 0 unspecified atom stereocenters. The van der Waals surface area contributed by atoms with Gasteiger partial charge in [-0.3, -0.25) is 4.79 Å². The van der Waals surface area contributed by atoms with Gasteiger partial charge in [-0.25, -0.2) is 8.42 Å². The van der Waals surface area contributed by atoms with Crippen molar-refractivity contribution in [3.05, 3.63) is 119 Å². The molecule has 1 N–H and O–H groups in total. The number of anilines is 2. The van der Waals surface area contributed by atoms with Crippen molar-refractivity contribution in [2.45, 2.75) is 12.2 Å². The monoisotopic (exact) mass is 529 g/mol. The maximum absolute atomic E-state index is 13.6. The number of piperazine rings is 1. The van der Waals surface area contributed by atoms with E-state index in [1.807, 2.05) is 83.8 Å². The summed E-state index contributed by atoms with van der Waals surface area (Å²) in [4.78, 5) is 15.7. The van der Waals surface area contributed by atoms with Crippen LogP contribution in [0.5, 0.6) is 0 Å². The number of nitrogens with zero attached hydrogens (tertiary/aromatic N) is 4. The summed E-state index contributed by atoms with van der Waals surface area (Å²) in [5, 5.41) is 7.83. The van der Waals surface area contributed by atoms with Crippen molar-refractivity contribution in [3.63, 3.8) is 0 Å². The van der Waals surface area contributed by atoms with Gasteiger partial charge >= 0.3 is 0 Å². The summed E-state index contributed by atoms with van der Waals surface area (Å²) in [6.07, 6.45) is 2.46. The lowest BCUT2D eigenvalue weighted by molar-refractivity contribution is 0.384. The quantitative estimate of drug-likeness (QED) is 0.357. The van der Waals surface area contributed by atoms with Crippen LogP contribution >= 0.6 is 0 Å². The lowest BCUT2D eigenvalue weighted by atomic mass is 10.1. The van der Waals surface area contributed by atoms with Crippen LogP contribution in [-0.4, -0.2) is 55.2 Å². The van der Waals surface area contributed by atoms with Crippen molar-refractivity contribution in [2.75, 3.05) is 42.9 Å². The van der Waals surface area contributed by atoms with Crippen LogP contribution in [0.2, 0.25) is 0 Å². The van der Waals surface area contributed by atoms with Gasteiger partial charge in [0.1, 0.15) is 5.69 Å². The summed E-state index contributed by atoms with van der Waals surface area (Å²) in [5.41, 5.74) is 3.56. The second-order valence-corrected chi connectivity index (χ2v) is 11.2. The summed E-state index contributed by atoms with van der Waals surface area (Å²) in [6.45, 7) is 2.22. The molecule has 1 aliphatic rings. The number of benzene rings is 3. The number of nitrogens with one attached hydrogen (secondary N) is 1. The average molecular weight is 530 g/mol. The predicted octanol–water partition coefficient (Wildman–Crippen LogP) is 3.54. The first-order valence-corrected chi connectivity index (χ1v) is 14.3. The van der Waals surface area contributed by atoms with Gasteiger partial charge < -0.3 is 10.2 Å². The van der Waals surface area contributed by atoms with E-state index in [1.165, 1.54) is 14.6 Å². The van der Waals surface area contributed by atoms with E-state index in [9.17, 15) is 13.2 Å². The van der Waals surface area contributed by atoms with E-state index in [0.717, 1.165) is 12.0 Å². The molecule has 0 bridgehead atoms. The molecular formula is C29H31N5O3S. The second kappa shape index (κ2) is 11.6. The third-order valence-electron chi connectivity index (χ3n) is 6.68. The highest BCUT2D eigenvalue weighted by molar-refractivity contribution is 7.88. The first-order chi connectivity index (χ1) is 18.5. The summed E-state index contributed by atoms with van der Waals surface area (Å²) < 4.78 is 29.0. The minimum absolute atomic E-state index is 0.0190. The molecule has 0 amide bonds. The number of rotatable bonds is 9. The van der Waals surface area contributed by atoms with Crippen LogP contribution < -0.4 is 15.8 Å². The molecule has 0 aliphatic carbocycles. The Morgan fingerprint density at radius 3 is 1.97 bits per heavy atom. The zero-order chi connectivity index (χ0) is 26.4. The fourth-order valence-corrected chi connectivity index (χ4v) is 6.18. The molecule has 2 heterocycles. The molecule has 4 aromatic rings. The van der Waals surface area contributed by atoms with Crippen LogP contribution in [0.15, 0.2) is 102 Å². The minimum Gasteiger partial charge on any atom is -0.378 e. The third-order valence-corrected chi connectivity index (χ3v) is 8.53. The molecule has 9 heteroatoms. The molecule has 8 nitrogen and oxygen atoms in total. The second-order valence-electron chi connectivity index (χ2n) is 9.25. The molecule has 0 spiro atoms. The number of hydrogen-bond acceptors (Lipinski definition) is 6. The van der Waals surface area contributed by atoms with Crippen molar-refractivity contribution in [1.82, 2.24) is 14.1 Å². The number of hydrogen-bond donors (Lipinski definition) is 1. The summed E-state index contributed by atoms with van der Waals surface area (Å²) in [6, 6.07) is 28.7. The zero-order valence-electron chi connectivity index (χ0n) is 21.1. The Morgan fingerprint density at radius 2 is 1.34 bits per heavy atom. The lowest BCUT2D eigenvalue weighted by Crippen LogP contribution is -2.49. The van der Waals surface area contributed by atoms with Gasteiger partial charge in [0.25, 0.3) is 5.56 Å². The Morgan fingerprint density at radius 1 is 0.763 bits per heavy atom. The van der Waals surface area contributed by atoms with E-state index in [1.54, 1.807) is 6.20 Å². The summed E-state index contributed by atoms with van der Waals surface area (Å²) in [5.74, 6) is -0.0190. The predicted molar refractivity (Wildman–Crippen MR) is 151 cm³/mol. The molecule has 196 valence electrons. The molecular weight excluding hydrogens is 498 g/mol. The summed E-state index contributed by atoms with van der Waals surface area (Å²) in [7, 11) is -3.44. The SMILES string of the molecule is O=c1c(NCCc2ccccc2)c(N2CCN(S(=O)(=O)Cc3ccccc3)CC2)cnn1-c1ccccc1. The van der Waals surface area contributed by atoms with Gasteiger partial charge in [0.05, 0.1) is 23.3 Å². The number of aromatic nitrogens is 2. The van der Waals surface area contributed by atoms with Gasteiger partial charge in [0.2, 0.25) is 10.0 Å². The smallest absolute Gasteiger partial charge is 0.296 e. The van der Waals surface area contributed by atoms with Crippen molar-refractivity contribution >= 4 is 21.4 Å². The highest BCUT2D eigenvalue weighted by Gasteiger charge is 2.29. The normalized spacial score (nSPS) is 14.4. The Bertz CT molecular complexity index is 1500. The van der Waals surface area contributed by atoms with E-state index in [-0.39, 0.29) is 11.3 Å². The molecule has 3 aromatic carbocycles. The van der Waals surface area contributed by atoms with Gasteiger partial charge in [-0.2, -0.15) is 14.1 Å². The first-order valence-electron chi connectivity index (χ1n) is 12.7. The zero-order valence-corrected chi connectivity index (χ0v) is 21.9. The maximum atomic E-state index is 13.6. The van der Waals surface area contributed by atoms with Gasteiger partial charge in [-0.15, -0.1) is 0 Å². The van der Waals surface area contributed by atoms with Crippen molar-refractivity contribution < 1.29 is 8.42 Å². The number of para-hydroxylation sites is 1. The molecule has 38 heavy (non-hydrogen) atoms. The molecule has 1 aliphatic heterocycles. The van der Waals surface area contributed by atoms with Crippen LogP contribution in [0.3, 0.4) is 0 Å².